The van der Waals surface area contributed by atoms with E-state index in [1.165, 1.54) is 0 Å². The molecule has 1 aromatic rings. The Hall–Kier alpha value is -1.59. The smallest absolute Gasteiger partial charge is 0.227 e. The lowest BCUT2D eigenvalue weighted by molar-refractivity contribution is -0.126. The average molecular weight is 325 g/mol. The number of aliphatic hydroxyl groups is 1. The van der Waals surface area contributed by atoms with Crippen molar-refractivity contribution in [3.63, 3.8) is 0 Å². The van der Waals surface area contributed by atoms with E-state index in [4.69, 9.17) is 11.6 Å². The van der Waals surface area contributed by atoms with Crippen LogP contribution in [0.5, 0.6) is 0 Å². The van der Waals surface area contributed by atoms with Gasteiger partial charge in [0.05, 0.1) is 12.0 Å². The fourth-order valence-corrected chi connectivity index (χ4v) is 2.70. The Morgan fingerprint density at radius 3 is 2.95 bits per heavy atom. The highest BCUT2D eigenvalue weighted by Crippen LogP contribution is 2.30. The number of carbonyl (C=O) groups excluding carboxylic acids is 2. The maximum atomic E-state index is 12.2. The van der Waals surface area contributed by atoms with Crippen LogP contribution in [-0.4, -0.2) is 36.1 Å². The Morgan fingerprint density at radius 2 is 2.27 bits per heavy atom. The van der Waals surface area contributed by atoms with E-state index in [2.05, 4.69) is 5.32 Å². The van der Waals surface area contributed by atoms with Crippen LogP contribution < -0.4 is 10.2 Å². The lowest BCUT2D eigenvalue weighted by Gasteiger charge is -2.19. The lowest BCUT2D eigenvalue weighted by atomic mass is 10.1. The minimum atomic E-state index is -0.448. The minimum absolute atomic E-state index is 0.0685. The summed E-state index contributed by atoms with van der Waals surface area (Å²) in [5, 5.41) is 12.5. The predicted octanol–water partition coefficient (Wildman–Crippen LogP) is 1.89. The molecule has 5 nitrogen and oxygen atoms in total. The zero-order valence-corrected chi connectivity index (χ0v) is 13.6. The molecule has 0 bridgehead atoms. The number of anilines is 1. The molecule has 1 fully saturated rings. The molecule has 0 radical (unpaired) electrons. The molecular weight excluding hydrogens is 304 g/mol. The van der Waals surface area contributed by atoms with E-state index < -0.39 is 6.10 Å². The highest BCUT2D eigenvalue weighted by atomic mass is 35.5. The number of halogens is 1. The van der Waals surface area contributed by atoms with Crippen molar-refractivity contribution in [2.75, 3.05) is 18.0 Å². The summed E-state index contributed by atoms with van der Waals surface area (Å²) >= 11 is 6.00. The normalized spacial score (nSPS) is 19.4. The van der Waals surface area contributed by atoms with Crippen LogP contribution in [0.4, 0.5) is 5.69 Å². The van der Waals surface area contributed by atoms with Crippen LogP contribution in [0, 0.1) is 12.8 Å². The Labute approximate surface area is 135 Å². The molecular formula is C16H21ClN2O3. The second-order valence-electron chi connectivity index (χ2n) is 5.76. The van der Waals surface area contributed by atoms with Crippen LogP contribution in [-0.2, 0) is 9.59 Å². The zero-order valence-electron chi connectivity index (χ0n) is 12.8. The van der Waals surface area contributed by atoms with Crippen molar-refractivity contribution in [3.8, 4) is 0 Å². The first-order valence-corrected chi connectivity index (χ1v) is 7.78. The minimum Gasteiger partial charge on any atom is -0.393 e. The van der Waals surface area contributed by atoms with Gasteiger partial charge in [-0.2, -0.15) is 0 Å². The van der Waals surface area contributed by atoms with Crippen molar-refractivity contribution in [1.82, 2.24) is 5.32 Å². The van der Waals surface area contributed by atoms with E-state index in [0.29, 0.717) is 24.5 Å². The van der Waals surface area contributed by atoms with Crippen LogP contribution in [0.3, 0.4) is 0 Å². The van der Waals surface area contributed by atoms with Gasteiger partial charge in [-0.25, -0.2) is 0 Å². The van der Waals surface area contributed by atoms with Crippen LogP contribution >= 0.6 is 11.6 Å². The molecule has 1 aliphatic heterocycles. The largest absolute Gasteiger partial charge is 0.393 e. The molecule has 1 saturated heterocycles. The van der Waals surface area contributed by atoms with Crippen molar-refractivity contribution in [3.05, 3.63) is 28.8 Å². The highest BCUT2D eigenvalue weighted by molar-refractivity contribution is 6.31. The zero-order chi connectivity index (χ0) is 16.3. The number of aliphatic hydroxyl groups excluding tert-OH is 1. The quantitative estimate of drug-likeness (QED) is 0.869. The predicted molar refractivity (Wildman–Crippen MR) is 86.0 cm³/mol. The van der Waals surface area contributed by atoms with Gasteiger partial charge in [0.2, 0.25) is 11.8 Å². The number of rotatable bonds is 5. The molecule has 0 aromatic heterocycles. The number of hydrogen-bond donors (Lipinski definition) is 2. The molecule has 0 spiro atoms. The first-order chi connectivity index (χ1) is 10.4. The second kappa shape index (κ2) is 7.11. The SMILES string of the molecule is Cc1ccc(Cl)cc1N1CC(C(=O)NCCC(C)O)CC1=O. The van der Waals surface area contributed by atoms with Gasteiger partial charge in [0.25, 0.3) is 0 Å². The van der Waals surface area contributed by atoms with Crippen molar-refractivity contribution < 1.29 is 14.7 Å². The summed E-state index contributed by atoms with van der Waals surface area (Å²) in [6, 6.07) is 5.39. The van der Waals surface area contributed by atoms with Gasteiger partial charge >= 0.3 is 0 Å². The summed E-state index contributed by atoms with van der Waals surface area (Å²) in [5.74, 6) is -0.572. The Bertz CT molecular complexity index is 575. The van der Waals surface area contributed by atoms with Gasteiger partial charge in [0, 0.05) is 30.2 Å². The van der Waals surface area contributed by atoms with E-state index in [0.717, 1.165) is 11.3 Å². The van der Waals surface area contributed by atoms with Gasteiger partial charge in [-0.15, -0.1) is 0 Å². The maximum Gasteiger partial charge on any atom is 0.227 e. The van der Waals surface area contributed by atoms with Gasteiger partial charge in [-0.05, 0) is 38.0 Å². The third-order valence-electron chi connectivity index (χ3n) is 3.82. The van der Waals surface area contributed by atoms with Gasteiger partial charge in [0.15, 0.2) is 0 Å². The third kappa shape index (κ3) is 3.99. The van der Waals surface area contributed by atoms with E-state index >= 15 is 0 Å². The molecule has 2 atom stereocenters. The molecule has 120 valence electrons. The van der Waals surface area contributed by atoms with Crippen LogP contribution in [0.2, 0.25) is 5.02 Å². The average Bonchev–Trinajstić information content (AvgIpc) is 2.83. The Balaban J connectivity index is 2.01. The van der Waals surface area contributed by atoms with Gasteiger partial charge in [-0.1, -0.05) is 17.7 Å². The van der Waals surface area contributed by atoms with Gasteiger partial charge in [-0.3, -0.25) is 9.59 Å². The molecule has 2 amide bonds. The summed E-state index contributed by atoms with van der Waals surface area (Å²) in [5.41, 5.74) is 1.71. The molecule has 2 N–H and O–H groups in total. The van der Waals surface area contributed by atoms with E-state index in [1.807, 2.05) is 13.0 Å². The van der Waals surface area contributed by atoms with E-state index in [9.17, 15) is 14.7 Å². The number of aryl methyl sites for hydroxylation is 1. The van der Waals surface area contributed by atoms with Crippen molar-refractivity contribution >= 4 is 29.1 Å². The summed E-state index contributed by atoms with van der Waals surface area (Å²) < 4.78 is 0. The molecule has 1 aliphatic rings. The Morgan fingerprint density at radius 1 is 1.55 bits per heavy atom. The van der Waals surface area contributed by atoms with E-state index in [1.54, 1.807) is 24.0 Å². The fourth-order valence-electron chi connectivity index (χ4n) is 2.54. The van der Waals surface area contributed by atoms with Crippen LogP contribution in [0.15, 0.2) is 18.2 Å². The molecule has 22 heavy (non-hydrogen) atoms. The first-order valence-electron chi connectivity index (χ1n) is 7.40. The molecule has 2 unspecified atom stereocenters. The summed E-state index contributed by atoms with van der Waals surface area (Å²) in [7, 11) is 0. The third-order valence-corrected chi connectivity index (χ3v) is 4.05. The van der Waals surface area contributed by atoms with Crippen molar-refractivity contribution in [1.29, 1.82) is 0 Å². The number of nitrogens with one attached hydrogen (secondary N) is 1. The molecule has 6 heteroatoms. The van der Waals surface area contributed by atoms with Crippen LogP contribution in [0.1, 0.15) is 25.3 Å². The molecule has 1 heterocycles. The number of amides is 2. The Kier molecular flexibility index (Phi) is 5.42. The van der Waals surface area contributed by atoms with Gasteiger partial charge < -0.3 is 15.3 Å². The van der Waals surface area contributed by atoms with Crippen molar-refractivity contribution in [2.24, 2.45) is 5.92 Å². The highest BCUT2D eigenvalue weighted by Gasteiger charge is 2.35. The van der Waals surface area contributed by atoms with Gasteiger partial charge in [0.1, 0.15) is 0 Å². The summed E-state index contributed by atoms with van der Waals surface area (Å²) in [6.45, 7) is 4.36. The number of nitrogens with zero attached hydrogens (tertiary/aromatic N) is 1. The first kappa shape index (κ1) is 16.8. The maximum absolute atomic E-state index is 12.2. The van der Waals surface area contributed by atoms with E-state index in [-0.39, 0.29) is 24.2 Å². The lowest BCUT2D eigenvalue weighted by Crippen LogP contribution is -2.34. The number of benzene rings is 1. The standard InChI is InChI=1S/C16H21ClN2O3/c1-10-3-4-13(17)8-14(10)19-9-12(7-15(19)21)16(22)18-6-5-11(2)20/h3-4,8,11-12,20H,5-7,9H2,1-2H3,(H,18,22). The molecule has 1 aromatic carbocycles. The molecule has 2 rings (SSSR count). The monoisotopic (exact) mass is 324 g/mol. The molecule has 0 aliphatic carbocycles. The van der Waals surface area contributed by atoms with Crippen molar-refractivity contribution in [2.45, 2.75) is 32.8 Å². The second-order valence-corrected chi connectivity index (χ2v) is 6.20. The summed E-state index contributed by atoms with van der Waals surface area (Å²) in [4.78, 5) is 25.9. The number of carbonyl (C=O) groups is 2. The molecule has 0 saturated carbocycles. The summed E-state index contributed by atoms with van der Waals surface area (Å²) in [6.07, 6.45) is 0.256. The number of hydrogen-bond acceptors (Lipinski definition) is 3. The topological polar surface area (TPSA) is 69.6 Å². The fraction of sp³-hybridized carbons (Fsp3) is 0.500. The van der Waals surface area contributed by atoms with Crippen LogP contribution in [0.25, 0.3) is 0 Å².